The van der Waals surface area contributed by atoms with Gasteiger partial charge in [-0.15, -0.1) is 0 Å². The van der Waals surface area contributed by atoms with Gasteiger partial charge in [-0.1, -0.05) is 36.7 Å². The standard InChI is InChI=1S/C12H12ClN/c1-2-11-8-10(13)9-14(11)12-6-4-3-5-7-12/h3-9H,2H2,1H3. The number of aryl methyl sites for hydroxylation is 1. The van der Waals surface area contributed by atoms with Gasteiger partial charge in [-0.2, -0.15) is 0 Å². The van der Waals surface area contributed by atoms with Crippen molar-refractivity contribution in [3.05, 3.63) is 53.3 Å². The van der Waals surface area contributed by atoms with Crippen molar-refractivity contribution in [2.75, 3.05) is 0 Å². The molecule has 0 unspecified atom stereocenters. The maximum Gasteiger partial charge on any atom is 0.0589 e. The highest BCUT2D eigenvalue weighted by atomic mass is 35.5. The number of hydrogen-bond donors (Lipinski definition) is 0. The second kappa shape index (κ2) is 3.89. The highest BCUT2D eigenvalue weighted by molar-refractivity contribution is 6.30. The molecule has 0 spiro atoms. The molecule has 0 saturated heterocycles. The fourth-order valence-corrected chi connectivity index (χ4v) is 1.80. The predicted octanol–water partition coefficient (Wildman–Crippen LogP) is 3.69. The van der Waals surface area contributed by atoms with Gasteiger partial charge in [0.2, 0.25) is 0 Å². The first-order chi connectivity index (χ1) is 6.81. The normalized spacial score (nSPS) is 10.4. The molecule has 0 fully saturated rings. The molecule has 2 heteroatoms. The molecule has 72 valence electrons. The van der Waals surface area contributed by atoms with Gasteiger partial charge in [0.25, 0.3) is 0 Å². The molecule has 2 rings (SSSR count). The van der Waals surface area contributed by atoms with Gasteiger partial charge in [-0.3, -0.25) is 0 Å². The van der Waals surface area contributed by atoms with Crippen LogP contribution in [0.3, 0.4) is 0 Å². The zero-order chi connectivity index (χ0) is 9.97. The fourth-order valence-electron chi connectivity index (χ4n) is 1.57. The number of halogens is 1. The van der Waals surface area contributed by atoms with Gasteiger partial charge in [-0.05, 0) is 24.6 Å². The summed E-state index contributed by atoms with van der Waals surface area (Å²) >= 11 is 5.97. The molecule has 1 aromatic heterocycles. The van der Waals surface area contributed by atoms with Crippen molar-refractivity contribution >= 4 is 11.6 Å². The Hall–Kier alpha value is -1.21. The lowest BCUT2D eigenvalue weighted by atomic mass is 10.3. The Morgan fingerprint density at radius 1 is 1.21 bits per heavy atom. The van der Waals surface area contributed by atoms with Crippen molar-refractivity contribution in [1.29, 1.82) is 0 Å². The molecule has 0 atom stereocenters. The molecule has 0 N–H and O–H groups in total. The maximum absolute atomic E-state index is 5.97. The van der Waals surface area contributed by atoms with Crippen LogP contribution in [0.4, 0.5) is 0 Å². The lowest BCUT2D eigenvalue weighted by molar-refractivity contribution is 0.937. The summed E-state index contributed by atoms with van der Waals surface area (Å²) in [6.07, 6.45) is 2.94. The van der Waals surface area contributed by atoms with Crippen LogP contribution in [0.2, 0.25) is 5.02 Å². The Bertz CT molecular complexity index is 417. The molecule has 1 heterocycles. The summed E-state index contributed by atoms with van der Waals surface area (Å²) in [4.78, 5) is 0. The van der Waals surface area contributed by atoms with Gasteiger partial charge >= 0.3 is 0 Å². The van der Waals surface area contributed by atoms with Crippen molar-refractivity contribution in [2.45, 2.75) is 13.3 Å². The van der Waals surface area contributed by atoms with Gasteiger partial charge in [0.1, 0.15) is 0 Å². The molecule has 2 aromatic rings. The van der Waals surface area contributed by atoms with Crippen LogP contribution in [0.5, 0.6) is 0 Å². The van der Waals surface area contributed by atoms with Crippen LogP contribution in [0.1, 0.15) is 12.6 Å². The lowest BCUT2D eigenvalue weighted by Gasteiger charge is -2.06. The predicted molar refractivity (Wildman–Crippen MR) is 60.2 cm³/mol. The van der Waals surface area contributed by atoms with Crippen LogP contribution in [-0.2, 0) is 6.42 Å². The number of aromatic nitrogens is 1. The molecule has 0 aliphatic heterocycles. The van der Waals surface area contributed by atoms with Crippen LogP contribution in [0.15, 0.2) is 42.6 Å². The molecule has 14 heavy (non-hydrogen) atoms. The van der Waals surface area contributed by atoms with Gasteiger partial charge in [-0.25, -0.2) is 0 Å². The van der Waals surface area contributed by atoms with E-state index in [-0.39, 0.29) is 0 Å². The van der Waals surface area contributed by atoms with E-state index in [1.54, 1.807) is 0 Å². The zero-order valence-electron chi connectivity index (χ0n) is 8.07. The molecule has 0 radical (unpaired) electrons. The van der Waals surface area contributed by atoms with Crippen molar-refractivity contribution < 1.29 is 0 Å². The highest BCUT2D eigenvalue weighted by Crippen LogP contribution is 2.19. The monoisotopic (exact) mass is 205 g/mol. The van der Waals surface area contributed by atoms with E-state index in [4.69, 9.17) is 11.6 Å². The van der Waals surface area contributed by atoms with Crippen molar-refractivity contribution in [2.24, 2.45) is 0 Å². The van der Waals surface area contributed by atoms with Crippen molar-refractivity contribution in [3.63, 3.8) is 0 Å². The number of hydrogen-bond acceptors (Lipinski definition) is 0. The van der Waals surface area contributed by atoms with Crippen LogP contribution >= 0.6 is 11.6 Å². The summed E-state index contributed by atoms with van der Waals surface area (Å²) in [5, 5.41) is 0.797. The second-order valence-corrected chi connectivity index (χ2v) is 3.65. The summed E-state index contributed by atoms with van der Waals surface area (Å²) in [6.45, 7) is 2.13. The molecule has 0 aliphatic carbocycles. The maximum atomic E-state index is 5.97. The number of nitrogens with zero attached hydrogens (tertiary/aromatic N) is 1. The molecule has 0 bridgehead atoms. The number of para-hydroxylation sites is 1. The van der Waals surface area contributed by atoms with E-state index in [1.165, 1.54) is 5.69 Å². The average Bonchev–Trinajstić information content (AvgIpc) is 2.61. The SMILES string of the molecule is CCc1cc(Cl)cn1-c1ccccc1. The lowest BCUT2D eigenvalue weighted by Crippen LogP contribution is -1.96. The molecule has 0 aliphatic rings. The van der Waals surface area contributed by atoms with E-state index in [1.807, 2.05) is 30.5 Å². The number of benzene rings is 1. The Morgan fingerprint density at radius 3 is 2.57 bits per heavy atom. The molecule has 0 amide bonds. The first kappa shape index (κ1) is 9.35. The largest absolute Gasteiger partial charge is 0.319 e. The minimum Gasteiger partial charge on any atom is -0.319 e. The third kappa shape index (κ3) is 1.68. The summed E-state index contributed by atoms with van der Waals surface area (Å²) < 4.78 is 2.13. The summed E-state index contributed by atoms with van der Waals surface area (Å²) in [6, 6.07) is 12.2. The summed E-state index contributed by atoms with van der Waals surface area (Å²) in [7, 11) is 0. The van der Waals surface area contributed by atoms with Crippen LogP contribution in [0.25, 0.3) is 5.69 Å². The zero-order valence-corrected chi connectivity index (χ0v) is 8.83. The third-order valence-corrected chi connectivity index (χ3v) is 2.47. The van der Waals surface area contributed by atoms with E-state index in [2.05, 4.69) is 23.6 Å². The Balaban J connectivity index is 2.51. The first-order valence-corrected chi connectivity index (χ1v) is 5.11. The minimum absolute atomic E-state index is 0.797. The highest BCUT2D eigenvalue weighted by Gasteiger charge is 2.03. The number of rotatable bonds is 2. The summed E-state index contributed by atoms with van der Waals surface area (Å²) in [5.74, 6) is 0. The van der Waals surface area contributed by atoms with Crippen LogP contribution < -0.4 is 0 Å². The van der Waals surface area contributed by atoms with E-state index in [0.29, 0.717) is 0 Å². The Morgan fingerprint density at radius 2 is 1.93 bits per heavy atom. The second-order valence-electron chi connectivity index (χ2n) is 3.21. The van der Waals surface area contributed by atoms with E-state index >= 15 is 0 Å². The van der Waals surface area contributed by atoms with Crippen molar-refractivity contribution in [1.82, 2.24) is 4.57 Å². The molecule has 1 aromatic carbocycles. The van der Waals surface area contributed by atoms with Crippen LogP contribution in [-0.4, -0.2) is 4.57 Å². The third-order valence-electron chi connectivity index (χ3n) is 2.26. The van der Waals surface area contributed by atoms with Gasteiger partial charge < -0.3 is 4.57 Å². The Labute approximate surface area is 88.9 Å². The van der Waals surface area contributed by atoms with Crippen LogP contribution in [0, 0.1) is 0 Å². The Kier molecular flexibility index (Phi) is 2.60. The smallest absolute Gasteiger partial charge is 0.0589 e. The first-order valence-electron chi connectivity index (χ1n) is 4.73. The minimum atomic E-state index is 0.797. The van der Waals surface area contributed by atoms with Gasteiger partial charge in [0.05, 0.1) is 5.02 Å². The van der Waals surface area contributed by atoms with Gasteiger partial charge in [0.15, 0.2) is 0 Å². The molecule has 0 saturated carbocycles. The van der Waals surface area contributed by atoms with Crippen molar-refractivity contribution in [3.8, 4) is 5.69 Å². The van der Waals surface area contributed by atoms with Gasteiger partial charge in [0, 0.05) is 17.6 Å². The molecular formula is C12H12ClN. The molecular weight excluding hydrogens is 194 g/mol. The average molecular weight is 206 g/mol. The van der Waals surface area contributed by atoms with E-state index in [9.17, 15) is 0 Å². The van der Waals surface area contributed by atoms with E-state index in [0.717, 1.165) is 17.1 Å². The van der Waals surface area contributed by atoms with E-state index < -0.39 is 0 Å². The topological polar surface area (TPSA) is 4.93 Å². The molecule has 1 nitrogen and oxygen atoms in total. The fraction of sp³-hybridized carbons (Fsp3) is 0.167. The summed E-state index contributed by atoms with van der Waals surface area (Å²) in [5.41, 5.74) is 2.40. The quantitative estimate of drug-likeness (QED) is 0.705.